The summed E-state index contributed by atoms with van der Waals surface area (Å²) in [6.07, 6.45) is 6.16. The molecule has 0 spiro atoms. The van der Waals surface area contributed by atoms with E-state index in [1.54, 1.807) is 0 Å². The SMILES string of the molecule is CCn1cc(N(Cc2ccccc2Cl)C2CCOCC2)cn1. The van der Waals surface area contributed by atoms with E-state index in [4.69, 9.17) is 16.3 Å². The molecule has 0 unspecified atom stereocenters. The maximum Gasteiger partial charge on any atom is 0.0758 e. The monoisotopic (exact) mass is 319 g/mol. The topological polar surface area (TPSA) is 30.3 Å². The molecule has 0 amide bonds. The first-order chi connectivity index (χ1) is 10.8. The summed E-state index contributed by atoms with van der Waals surface area (Å²) in [7, 11) is 0. The molecule has 1 aromatic carbocycles. The summed E-state index contributed by atoms with van der Waals surface area (Å²) in [5.41, 5.74) is 2.31. The molecule has 0 radical (unpaired) electrons. The Bertz CT molecular complexity index is 607. The smallest absolute Gasteiger partial charge is 0.0758 e. The summed E-state index contributed by atoms with van der Waals surface area (Å²) in [6.45, 7) is 5.44. The molecule has 0 atom stereocenters. The molecule has 5 heteroatoms. The molecule has 0 N–H and O–H groups in total. The minimum Gasteiger partial charge on any atom is -0.381 e. The number of benzene rings is 1. The molecule has 1 aliphatic rings. The zero-order valence-electron chi connectivity index (χ0n) is 12.9. The van der Waals surface area contributed by atoms with Crippen LogP contribution in [0, 0.1) is 0 Å². The Morgan fingerprint density at radius 1 is 1.32 bits per heavy atom. The first kappa shape index (κ1) is 15.4. The van der Waals surface area contributed by atoms with E-state index in [2.05, 4.69) is 29.2 Å². The van der Waals surface area contributed by atoms with Gasteiger partial charge in [0.15, 0.2) is 0 Å². The van der Waals surface area contributed by atoms with Crippen LogP contribution in [0.2, 0.25) is 5.02 Å². The zero-order valence-corrected chi connectivity index (χ0v) is 13.7. The number of halogens is 1. The van der Waals surface area contributed by atoms with Crippen LogP contribution in [0.1, 0.15) is 25.3 Å². The third kappa shape index (κ3) is 3.45. The lowest BCUT2D eigenvalue weighted by Crippen LogP contribution is -2.39. The van der Waals surface area contributed by atoms with Gasteiger partial charge >= 0.3 is 0 Å². The summed E-state index contributed by atoms with van der Waals surface area (Å²) in [6, 6.07) is 8.53. The van der Waals surface area contributed by atoms with Crippen LogP contribution in [0.15, 0.2) is 36.7 Å². The van der Waals surface area contributed by atoms with Gasteiger partial charge in [0.1, 0.15) is 0 Å². The van der Waals surface area contributed by atoms with Gasteiger partial charge in [0.25, 0.3) is 0 Å². The Kier molecular flexibility index (Phi) is 5.01. The van der Waals surface area contributed by atoms with Gasteiger partial charge in [-0.3, -0.25) is 4.68 Å². The van der Waals surface area contributed by atoms with Crippen molar-refractivity contribution in [2.45, 2.75) is 38.9 Å². The molecule has 118 valence electrons. The highest BCUT2D eigenvalue weighted by molar-refractivity contribution is 6.31. The van der Waals surface area contributed by atoms with E-state index in [9.17, 15) is 0 Å². The molecular weight excluding hydrogens is 298 g/mol. The number of aryl methyl sites for hydroxylation is 1. The van der Waals surface area contributed by atoms with Gasteiger partial charge in [-0.1, -0.05) is 29.8 Å². The first-order valence-corrected chi connectivity index (χ1v) is 8.26. The van der Waals surface area contributed by atoms with Crippen LogP contribution in [0.25, 0.3) is 0 Å². The second kappa shape index (κ2) is 7.16. The molecule has 2 aromatic rings. The molecule has 4 nitrogen and oxygen atoms in total. The number of ether oxygens (including phenoxy) is 1. The standard InChI is InChI=1S/C17H22ClN3O/c1-2-20-13-16(11-19-20)21(15-7-9-22-10-8-15)12-14-5-3-4-6-17(14)18/h3-6,11,13,15H,2,7-10,12H2,1H3. The fourth-order valence-corrected chi connectivity index (χ4v) is 3.11. The molecule has 1 saturated heterocycles. The summed E-state index contributed by atoms with van der Waals surface area (Å²) in [5, 5.41) is 5.25. The summed E-state index contributed by atoms with van der Waals surface area (Å²) in [5.74, 6) is 0. The van der Waals surface area contributed by atoms with Crippen molar-refractivity contribution in [1.82, 2.24) is 9.78 Å². The number of hydrogen-bond donors (Lipinski definition) is 0. The Morgan fingerprint density at radius 3 is 2.77 bits per heavy atom. The highest BCUT2D eigenvalue weighted by atomic mass is 35.5. The highest BCUT2D eigenvalue weighted by Crippen LogP contribution is 2.27. The molecule has 1 aromatic heterocycles. The fourth-order valence-electron chi connectivity index (χ4n) is 2.91. The highest BCUT2D eigenvalue weighted by Gasteiger charge is 2.23. The molecular formula is C17H22ClN3O. The van der Waals surface area contributed by atoms with Crippen LogP contribution < -0.4 is 4.90 Å². The van der Waals surface area contributed by atoms with Crippen molar-refractivity contribution >= 4 is 17.3 Å². The van der Waals surface area contributed by atoms with Gasteiger partial charge in [0, 0.05) is 43.6 Å². The number of nitrogens with zero attached hydrogens (tertiary/aromatic N) is 3. The maximum absolute atomic E-state index is 6.36. The zero-order chi connectivity index (χ0) is 15.4. The normalized spacial score (nSPS) is 15.9. The molecule has 2 heterocycles. The number of rotatable bonds is 5. The predicted molar refractivity (Wildman–Crippen MR) is 89.4 cm³/mol. The lowest BCUT2D eigenvalue weighted by atomic mass is 10.1. The van der Waals surface area contributed by atoms with Gasteiger partial charge in [0.2, 0.25) is 0 Å². The lowest BCUT2D eigenvalue weighted by molar-refractivity contribution is 0.0841. The third-order valence-corrected chi connectivity index (χ3v) is 4.57. The van der Waals surface area contributed by atoms with Crippen molar-refractivity contribution < 1.29 is 4.74 Å². The van der Waals surface area contributed by atoms with Gasteiger partial charge in [-0.05, 0) is 31.4 Å². The number of hydrogen-bond acceptors (Lipinski definition) is 3. The summed E-state index contributed by atoms with van der Waals surface area (Å²) >= 11 is 6.36. The van der Waals surface area contributed by atoms with E-state index in [0.29, 0.717) is 6.04 Å². The minimum atomic E-state index is 0.472. The van der Waals surface area contributed by atoms with E-state index in [0.717, 1.165) is 55.4 Å². The number of anilines is 1. The van der Waals surface area contributed by atoms with Crippen molar-refractivity contribution in [3.05, 3.63) is 47.2 Å². The minimum absolute atomic E-state index is 0.472. The van der Waals surface area contributed by atoms with Crippen LogP contribution in [0.5, 0.6) is 0 Å². The Hall–Kier alpha value is -1.52. The van der Waals surface area contributed by atoms with Gasteiger partial charge in [-0.25, -0.2) is 0 Å². The quantitative estimate of drug-likeness (QED) is 0.841. The van der Waals surface area contributed by atoms with Crippen molar-refractivity contribution in [3.63, 3.8) is 0 Å². The molecule has 1 fully saturated rings. The van der Waals surface area contributed by atoms with Gasteiger partial charge in [0.05, 0.1) is 11.9 Å². The second-order valence-corrected chi connectivity index (χ2v) is 6.02. The molecule has 0 bridgehead atoms. The molecule has 22 heavy (non-hydrogen) atoms. The van der Waals surface area contributed by atoms with Crippen molar-refractivity contribution in [2.75, 3.05) is 18.1 Å². The van der Waals surface area contributed by atoms with Crippen LogP contribution in [-0.4, -0.2) is 29.0 Å². The maximum atomic E-state index is 6.36. The van der Waals surface area contributed by atoms with Crippen LogP contribution >= 0.6 is 11.6 Å². The van der Waals surface area contributed by atoms with Crippen LogP contribution in [0.3, 0.4) is 0 Å². The molecule has 3 rings (SSSR count). The third-order valence-electron chi connectivity index (χ3n) is 4.21. The van der Waals surface area contributed by atoms with E-state index >= 15 is 0 Å². The second-order valence-electron chi connectivity index (χ2n) is 5.62. The lowest BCUT2D eigenvalue weighted by Gasteiger charge is -2.35. The van der Waals surface area contributed by atoms with Gasteiger partial charge < -0.3 is 9.64 Å². The van der Waals surface area contributed by atoms with Gasteiger partial charge in [-0.15, -0.1) is 0 Å². The average molecular weight is 320 g/mol. The Balaban J connectivity index is 1.86. The van der Waals surface area contributed by atoms with Crippen molar-refractivity contribution in [2.24, 2.45) is 0 Å². The fraction of sp³-hybridized carbons (Fsp3) is 0.471. The predicted octanol–water partition coefficient (Wildman–Crippen LogP) is 3.74. The van der Waals surface area contributed by atoms with Crippen LogP contribution in [0.4, 0.5) is 5.69 Å². The largest absolute Gasteiger partial charge is 0.381 e. The van der Waals surface area contributed by atoms with Gasteiger partial charge in [-0.2, -0.15) is 5.10 Å². The van der Waals surface area contributed by atoms with Crippen LogP contribution in [-0.2, 0) is 17.8 Å². The first-order valence-electron chi connectivity index (χ1n) is 7.88. The molecule has 0 aliphatic carbocycles. The Labute approximate surface area is 136 Å². The summed E-state index contributed by atoms with van der Waals surface area (Å²) in [4.78, 5) is 2.42. The van der Waals surface area contributed by atoms with E-state index < -0.39 is 0 Å². The van der Waals surface area contributed by atoms with E-state index in [-0.39, 0.29) is 0 Å². The number of aromatic nitrogens is 2. The van der Waals surface area contributed by atoms with E-state index in [1.165, 1.54) is 0 Å². The molecule has 0 saturated carbocycles. The Morgan fingerprint density at radius 2 is 2.09 bits per heavy atom. The van der Waals surface area contributed by atoms with Crippen molar-refractivity contribution in [3.8, 4) is 0 Å². The van der Waals surface area contributed by atoms with E-state index in [1.807, 2.05) is 29.1 Å². The average Bonchev–Trinajstić information content (AvgIpc) is 3.04. The summed E-state index contributed by atoms with van der Waals surface area (Å²) < 4.78 is 7.48. The molecule has 1 aliphatic heterocycles. The van der Waals surface area contributed by atoms with Crippen molar-refractivity contribution in [1.29, 1.82) is 0 Å².